The fourth-order valence-electron chi connectivity index (χ4n) is 4.63. The number of carbonyl (C=O) groups is 4. The molecule has 0 bridgehead atoms. The first-order valence-electron chi connectivity index (χ1n) is 12.7. The minimum atomic E-state index is -1.11. The van der Waals surface area contributed by atoms with Gasteiger partial charge in [0.15, 0.2) is 0 Å². The van der Waals surface area contributed by atoms with Crippen molar-refractivity contribution >= 4 is 46.6 Å². The van der Waals surface area contributed by atoms with E-state index < -0.39 is 42.0 Å². The molecule has 14 heteroatoms. The Morgan fingerprint density at radius 2 is 1.79 bits per heavy atom. The Labute approximate surface area is 244 Å². The first-order valence-corrected chi connectivity index (χ1v) is 13.1. The van der Waals surface area contributed by atoms with E-state index in [1.807, 2.05) is 6.07 Å². The third kappa shape index (κ3) is 5.95. The maximum absolute atomic E-state index is 14.6. The van der Waals surface area contributed by atoms with Gasteiger partial charge < -0.3 is 15.5 Å². The number of hydrogen-bond acceptors (Lipinski definition) is 7. The van der Waals surface area contributed by atoms with Crippen LogP contribution in [0.5, 0.6) is 0 Å². The van der Waals surface area contributed by atoms with Crippen molar-refractivity contribution in [2.24, 2.45) is 0 Å². The minimum Gasteiger partial charge on any atom is -0.355 e. The van der Waals surface area contributed by atoms with E-state index in [4.69, 9.17) is 11.6 Å². The maximum atomic E-state index is 14.6. The number of nitrogens with zero attached hydrogens (tertiary/aromatic N) is 6. The topological polar surface area (TPSA) is 142 Å². The van der Waals surface area contributed by atoms with Crippen molar-refractivity contribution in [3.8, 4) is 5.69 Å². The molecule has 0 saturated carbocycles. The van der Waals surface area contributed by atoms with Crippen molar-refractivity contribution in [3.63, 3.8) is 0 Å². The molecule has 1 unspecified atom stereocenters. The van der Waals surface area contributed by atoms with Gasteiger partial charge in [0.2, 0.25) is 17.7 Å². The van der Waals surface area contributed by atoms with Crippen LogP contribution in [-0.2, 0) is 20.8 Å². The van der Waals surface area contributed by atoms with Crippen molar-refractivity contribution in [3.05, 3.63) is 95.0 Å². The summed E-state index contributed by atoms with van der Waals surface area (Å²) in [4.78, 5) is 55.0. The lowest BCUT2D eigenvalue weighted by atomic mass is 10.0. The van der Waals surface area contributed by atoms with Gasteiger partial charge in [-0.3, -0.25) is 24.1 Å². The second-order valence-electron chi connectivity index (χ2n) is 9.36. The summed E-state index contributed by atoms with van der Waals surface area (Å²) in [5.41, 5.74) is 1.40. The molecule has 1 aromatic heterocycles. The molecule has 3 aromatic carbocycles. The fraction of sp³-hybridized carbons (Fsp3) is 0.179. The van der Waals surface area contributed by atoms with E-state index in [1.165, 1.54) is 46.1 Å². The lowest BCUT2D eigenvalue weighted by Crippen LogP contribution is -2.60. The Bertz CT molecular complexity index is 1650. The van der Waals surface area contributed by atoms with Gasteiger partial charge in [-0.1, -0.05) is 41.9 Å². The molecule has 5 rings (SSSR count). The normalized spacial score (nSPS) is 14.1. The Morgan fingerprint density at radius 1 is 1.00 bits per heavy atom. The molecular formula is C28H24ClFN8O4. The zero-order chi connectivity index (χ0) is 29.8. The van der Waals surface area contributed by atoms with E-state index in [2.05, 4.69) is 26.2 Å². The average molecular weight is 591 g/mol. The Kier molecular flexibility index (Phi) is 8.20. The molecule has 1 atom stereocenters. The quantitative estimate of drug-likeness (QED) is 0.320. The van der Waals surface area contributed by atoms with Gasteiger partial charge in [-0.2, -0.15) is 4.68 Å². The second kappa shape index (κ2) is 12.1. The van der Waals surface area contributed by atoms with Crippen LogP contribution in [0.2, 0.25) is 5.02 Å². The standard InChI is InChI=1S/C28H24ClFN8O4/c1-31-27(41)20-9-8-19(13-21(20)30)33-28(42)24(11-17-5-3-2-4-6-17)37-15-25(39)36(14-26(37)40)23-12-18(29)7-10-22(23)38-16-32-34-35-38/h2-10,12-13,16,24H,11,14-15H2,1H3,(H,31,41)(H,33,42). The van der Waals surface area contributed by atoms with Crippen molar-refractivity contribution in [2.45, 2.75) is 12.5 Å². The predicted octanol–water partition coefficient (Wildman–Crippen LogP) is 2.24. The lowest BCUT2D eigenvalue weighted by molar-refractivity contribution is -0.143. The summed E-state index contributed by atoms with van der Waals surface area (Å²) in [5.74, 6) is -3.02. The number of piperazine rings is 1. The molecule has 0 radical (unpaired) electrons. The van der Waals surface area contributed by atoms with Gasteiger partial charge in [-0.25, -0.2) is 4.39 Å². The highest BCUT2D eigenvalue weighted by Gasteiger charge is 2.39. The third-order valence-electron chi connectivity index (χ3n) is 6.70. The molecule has 1 fully saturated rings. The van der Waals surface area contributed by atoms with Gasteiger partial charge in [0.1, 0.15) is 31.3 Å². The van der Waals surface area contributed by atoms with Gasteiger partial charge in [0.25, 0.3) is 5.91 Å². The highest BCUT2D eigenvalue weighted by atomic mass is 35.5. The predicted molar refractivity (Wildman–Crippen MR) is 151 cm³/mol. The van der Waals surface area contributed by atoms with Crippen molar-refractivity contribution < 1.29 is 23.6 Å². The Morgan fingerprint density at radius 3 is 2.48 bits per heavy atom. The van der Waals surface area contributed by atoms with Crippen LogP contribution < -0.4 is 15.5 Å². The van der Waals surface area contributed by atoms with Crippen molar-refractivity contribution in [1.29, 1.82) is 0 Å². The molecular weight excluding hydrogens is 567 g/mol. The van der Waals surface area contributed by atoms with Crippen LogP contribution in [0.25, 0.3) is 5.69 Å². The van der Waals surface area contributed by atoms with E-state index >= 15 is 0 Å². The number of nitrogens with one attached hydrogen (secondary N) is 2. The van der Waals surface area contributed by atoms with Crippen LogP contribution in [0.4, 0.5) is 15.8 Å². The first-order chi connectivity index (χ1) is 20.2. The Hall–Kier alpha value is -5.17. The number of tetrazole rings is 1. The monoisotopic (exact) mass is 590 g/mol. The van der Waals surface area contributed by atoms with Crippen LogP contribution in [0.1, 0.15) is 15.9 Å². The van der Waals surface area contributed by atoms with E-state index in [0.717, 1.165) is 11.6 Å². The SMILES string of the molecule is CNC(=O)c1ccc(NC(=O)C(Cc2ccccc2)N2CC(=O)N(c3cc(Cl)ccc3-n3cnnn3)CC2=O)cc1F. The van der Waals surface area contributed by atoms with Crippen molar-refractivity contribution in [1.82, 2.24) is 30.4 Å². The Balaban J connectivity index is 1.42. The van der Waals surface area contributed by atoms with Gasteiger partial charge >= 0.3 is 0 Å². The van der Waals surface area contributed by atoms with E-state index in [1.54, 1.807) is 36.4 Å². The summed E-state index contributed by atoms with van der Waals surface area (Å²) >= 11 is 6.22. The molecule has 1 aliphatic rings. The zero-order valence-corrected chi connectivity index (χ0v) is 23.0. The first kappa shape index (κ1) is 28.4. The van der Waals surface area contributed by atoms with Crippen LogP contribution in [0.15, 0.2) is 73.1 Å². The molecule has 2 N–H and O–H groups in total. The van der Waals surface area contributed by atoms with Crippen LogP contribution >= 0.6 is 11.6 Å². The number of aromatic nitrogens is 4. The summed E-state index contributed by atoms with van der Waals surface area (Å²) in [6, 6.07) is 16.3. The molecule has 4 amide bonds. The van der Waals surface area contributed by atoms with Crippen molar-refractivity contribution in [2.75, 3.05) is 30.4 Å². The number of amides is 4. The fourth-order valence-corrected chi connectivity index (χ4v) is 4.80. The molecule has 1 saturated heterocycles. The maximum Gasteiger partial charge on any atom is 0.253 e. The number of rotatable bonds is 8. The minimum absolute atomic E-state index is 0.0886. The summed E-state index contributed by atoms with van der Waals surface area (Å²) in [6.45, 7) is -0.780. The summed E-state index contributed by atoms with van der Waals surface area (Å²) in [7, 11) is 1.38. The molecule has 214 valence electrons. The number of carbonyl (C=O) groups excluding carboxylic acids is 4. The summed E-state index contributed by atoms with van der Waals surface area (Å²) in [6.07, 6.45) is 1.44. The largest absolute Gasteiger partial charge is 0.355 e. The molecule has 0 spiro atoms. The van der Waals surface area contributed by atoms with Gasteiger partial charge in [0, 0.05) is 24.2 Å². The molecule has 4 aromatic rings. The summed E-state index contributed by atoms with van der Waals surface area (Å²) < 4.78 is 15.9. The van der Waals surface area contributed by atoms with Gasteiger partial charge in [-0.05, 0) is 52.4 Å². The number of hydrogen-bond donors (Lipinski definition) is 2. The number of anilines is 2. The third-order valence-corrected chi connectivity index (χ3v) is 6.94. The lowest BCUT2D eigenvalue weighted by Gasteiger charge is -2.38. The highest BCUT2D eigenvalue weighted by Crippen LogP contribution is 2.30. The molecule has 2 heterocycles. The molecule has 42 heavy (non-hydrogen) atoms. The molecule has 12 nitrogen and oxygen atoms in total. The van der Waals surface area contributed by atoms with Gasteiger partial charge in [0.05, 0.1) is 16.9 Å². The number of halogens is 2. The second-order valence-corrected chi connectivity index (χ2v) is 9.79. The summed E-state index contributed by atoms with van der Waals surface area (Å²) in [5, 5.41) is 16.4. The molecule has 0 aliphatic carbocycles. The number of benzene rings is 3. The van der Waals surface area contributed by atoms with Crippen LogP contribution in [-0.4, -0.2) is 74.9 Å². The highest BCUT2D eigenvalue weighted by molar-refractivity contribution is 6.31. The van der Waals surface area contributed by atoms with Gasteiger partial charge in [-0.15, -0.1) is 5.10 Å². The van der Waals surface area contributed by atoms with Crippen LogP contribution in [0.3, 0.4) is 0 Å². The van der Waals surface area contributed by atoms with E-state index in [0.29, 0.717) is 16.4 Å². The zero-order valence-electron chi connectivity index (χ0n) is 22.2. The smallest absolute Gasteiger partial charge is 0.253 e. The van der Waals surface area contributed by atoms with Crippen LogP contribution in [0, 0.1) is 5.82 Å². The van der Waals surface area contributed by atoms with E-state index in [9.17, 15) is 23.6 Å². The molecule has 1 aliphatic heterocycles. The van der Waals surface area contributed by atoms with E-state index in [-0.39, 0.29) is 24.2 Å². The average Bonchev–Trinajstić information content (AvgIpc) is 3.52.